The molecule has 0 amide bonds. The van der Waals surface area contributed by atoms with Crippen molar-refractivity contribution in [2.24, 2.45) is 0 Å². The van der Waals surface area contributed by atoms with E-state index in [2.05, 4.69) is 49.8 Å². The molecule has 0 bridgehead atoms. The molecule has 0 spiro atoms. The molecule has 138 valence electrons. The average Bonchev–Trinajstić information content (AvgIpc) is 2.91. The van der Waals surface area contributed by atoms with E-state index in [9.17, 15) is 0 Å². The maximum absolute atomic E-state index is 6.33. The summed E-state index contributed by atoms with van der Waals surface area (Å²) in [6, 6.07) is 6.90. The fourth-order valence-corrected chi connectivity index (χ4v) is 5.31. The molecule has 0 saturated carbocycles. The molecule has 1 aromatic rings. The summed E-state index contributed by atoms with van der Waals surface area (Å²) in [4.78, 5) is 2.50. The van der Waals surface area contributed by atoms with Crippen molar-refractivity contribution in [2.75, 3.05) is 27.8 Å². The zero-order valence-electron chi connectivity index (χ0n) is 16.4. The Morgan fingerprint density at radius 3 is 2.48 bits per heavy atom. The first-order chi connectivity index (χ1) is 11.8. The molecule has 25 heavy (non-hydrogen) atoms. The first kappa shape index (κ1) is 18.3. The van der Waals surface area contributed by atoms with E-state index in [4.69, 9.17) is 13.9 Å². The molecular weight excluding hydrogens is 330 g/mol. The highest BCUT2D eigenvalue weighted by atomic mass is 28.4. The highest BCUT2D eigenvalue weighted by Crippen LogP contribution is 2.49. The number of ether oxygens (including phenoxy) is 2. The number of hydrogen-bond donors (Lipinski definition) is 0. The summed E-state index contributed by atoms with van der Waals surface area (Å²) in [5.74, 6) is 2.80. The first-order valence-corrected chi connectivity index (χ1v) is 12.5. The van der Waals surface area contributed by atoms with Gasteiger partial charge in [0.15, 0.2) is 11.5 Å². The van der Waals surface area contributed by atoms with Crippen LogP contribution < -0.4 is 9.47 Å². The van der Waals surface area contributed by atoms with Crippen LogP contribution in [0.4, 0.5) is 0 Å². The molecule has 4 nitrogen and oxygen atoms in total. The minimum Gasteiger partial charge on any atom is -0.548 e. The molecule has 1 aliphatic carbocycles. The van der Waals surface area contributed by atoms with Crippen LogP contribution in [0, 0.1) is 0 Å². The van der Waals surface area contributed by atoms with Crippen LogP contribution in [0.1, 0.15) is 24.8 Å². The van der Waals surface area contributed by atoms with Gasteiger partial charge in [-0.3, -0.25) is 0 Å². The van der Waals surface area contributed by atoms with Crippen molar-refractivity contribution in [3.8, 4) is 11.5 Å². The van der Waals surface area contributed by atoms with Crippen molar-refractivity contribution in [3.05, 3.63) is 35.6 Å². The lowest BCUT2D eigenvalue weighted by atomic mass is 9.68. The summed E-state index contributed by atoms with van der Waals surface area (Å²) in [6.45, 7) is 7.88. The molecule has 2 aliphatic rings. The van der Waals surface area contributed by atoms with Gasteiger partial charge in [-0.2, -0.15) is 0 Å². The van der Waals surface area contributed by atoms with Crippen molar-refractivity contribution >= 4 is 8.32 Å². The van der Waals surface area contributed by atoms with E-state index in [0.717, 1.165) is 30.9 Å². The Morgan fingerprint density at radius 2 is 1.84 bits per heavy atom. The van der Waals surface area contributed by atoms with E-state index in [1.54, 1.807) is 14.2 Å². The second kappa shape index (κ2) is 6.69. The third kappa shape index (κ3) is 3.44. The largest absolute Gasteiger partial charge is 0.548 e. The van der Waals surface area contributed by atoms with Crippen LogP contribution in [0.3, 0.4) is 0 Å². The topological polar surface area (TPSA) is 30.9 Å². The molecule has 1 heterocycles. The minimum absolute atomic E-state index is 0.139. The van der Waals surface area contributed by atoms with E-state index in [1.807, 2.05) is 6.07 Å². The number of likely N-dealkylation sites (tertiary alicyclic amines) is 1. The summed E-state index contributed by atoms with van der Waals surface area (Å²) in [7, 11) is 4.07. The van der Waals surface area contributed by atoms with Crippen molar-refractivity contribution in [3.63, 3.8) is 0 Å². The first-order valence-electron chi connectivity index (χ1n) is 9.10. The van der Waals surface area contributed by atoms with E-state index in [1.165, 1.54) is 17.7 Å². The zero-order chi connectivity index (χ0) is 18.2. The maximum Gasteiger partial charge on any atom is 0.241 e. The third-order valence-electron chi connectivity index (χ3n) is 5.56. The van der Waals surface area contributed by atoms with Gasteiger partial charge in [0, 0.05) is 17.9 Å². The Hall–Kier alpha value is -1.46. The molecule has 2 unspecified atom stereocenters. The molecule has 2 atom stereocenters. The lowest BCUT2D eigenvalue weighted by Gasteiger charge is -2.42. The monoisotopic (exact) mass is 361 g/mol. The van der Waals surface area contributed by atoms with Gasteiger partial charge in [-0.1, -0.05) is 6.07 Å². The minimum atomic E-state index is -1.56. The van der Waals surface area contributed by atoms with Crippen LogP contribution in [0.15, 0.2) is 30.0 Å². The molecule has 1 saturated heterocycles. The van der Waals surface area contributed by atoms with Gasteiger partial charge in [0.25, 0.3) is 0 Å². The van der Waals surface area contributed by atoms with Crippen LogP contribution in [-0.2, 0) is 9.84 Å². The fourth-order valence-electron chi connectivity index (χ4n) is 4.36. The van der Waals surface area contributed by atoms with Crippen molar-refractivity contribution < 1.29 is 13.9 Å². The van der Waals surface area contributed by atoms with Gasteiger partial charge in [0.05, 0.1) is 20.0 Å². The summed E-state index contributed by atoms with van der Waals surface area (Å²) >= 11 is 0. The van der Waals surface area contributed by atoms with Crippen molar-refractivity contribution in [1.29, 1.82) is 0 Å². The summed E-state index contributed by atoms with van der Waals surface area (Å²) in [5, 5.41) is 0. The van der Waals surface area contributed by atoms with Crippen LogP contribution in [0.5, 0.6) is 11.5 Å². The number of allylic oxidation sites excluding steroid dienone is 1. The van der Waals surface area contributed by atoms with Gasteiger partial charge in [-0.05, 0) is 69.8 Å². The maximum atomic E-state index is 6.33. The average molecular weight is 362 g/mol. The number of rotatable bonds is 5. The van der Waals surface area contributed by atoms with Crippen molar-refractivity contribution in [1.82, 2.24) is 4.90 Å². The van der Waals surface area contributed by atoms with Crippen molar-refractivity contribution in [2.45, 2.75) is 50.4 Å². The molecule has 1 fully saturated rings. The standard InChI is InChI=1S/C20H31NO3Si/c1-21-12-11-20(15-7-8-17(22-2)18(13-15)23-3)10-9-16(14-19(20)21)24-25(4,5)6/h7-9,13,19H,10-12,14H2,1-6H3. The molecule has 0 aromatic heterocycles. The number of nitrogens with zero attached hydrogens (tertiary/aromatic N) is 1. The van der Waals surface area contributed by atoms with Crippen LogP contribution in [-0.4, -0.2) is 47.1 Å². The second-order valence-electron chi connectivity index (χ2n) is 8.27. The Kier molecular flexibility index (Phi) is 4.90. The highest BCUT2D eigenvalue weighted by molar-refractivity contribution is 6.70. The third-order valence-corrected chi connectivity index (χ3v) is 6.44. The predicted molar refractivity (Wildman–Crippen MR) is 104 cm³/mol. The second-order valence-corrected chi connectivity index (χ2v) is 12.7. The normalized spacial score (nSPS) is 26.8. The molecule has 3 rings (SSSR count). The number of fused-ring (bicyclic) bond motifs is 1. The zero-order valence-corrected chi connectivity index (χ0v) is 17.4. The van der Waals surface area contributed by atoms with Crippen LogP contribution in [0.2, 0.25) is 19.6 Å². The number of likely N-dealkylation sites (N-methyl/N-ethyl adjacent to an activating group) is 1. The SMILES string of the molecule is COc1ccc(C23CC=C(O[Si](C)(C)C)CC2N(C)CC3)cc1OC. The van der Waals surface area contributed by atoms with Gasteiger partial charge in [0.1, 0.15) is 0 Å². The predicted octanol–water partition coefficient (Wildman–Crippen LogP) is 4.17. The quantitative estimate of drug-likeness (QED) is 0.736. The van der Waals surface area contributed by atoms with Crippen LogP contribution in [0.25, 0.3) is 0 Å². The van der Waals surface area contributed by atoms with E-state index in [0.29, 0.717) is 6.04 Å². The fraction of sp³-hybridized carbons (Fsp3) is 0.600. The van der Waals surface area contributed by atoms with Gasteiger partial charge in [-0.15, -0.1) is 0 Å². The number of methoxy groups -OCH3 is 2. The summed E-state index contributed by atoms with van der Waals surface area (Å²) in [6.07, 6.45) is 5.53. The van der Waals surface area contributed by atoms with Gasteiger partial charge >= 0.3 is 0 Å². The molecule has 5 heteroatoms. The van der Waals surface area contributed by atoms with Gasteiger partial charge in [-0.25, -0.2) is 0 Å². The lowest BCUT2D eigenvalue weighted by Crippen LogP contribution is -2.44. The van der Waals surface area contributed by atoms with E-state index in [-0.39, 0.29) is 5.41 Å². The van der Waals surface area contributed by atoms with Gasteiger partial charge in [0.2, 0.25) is 8.32 Å². The molecule has 0 radical (unpaired) electrons. The number of benzene rings is 1. The molecule has 1 aromatic carbocycles. The molecule has 0 N–H and O–H groups in total. The Balaban J connectivity index is 1.96. The molecular formula is C20H31NO3Si. The Bertz CT molecular complexity index is 667. The van der Waals surface area contributed by atoms with E-state index < -0.39 is 8.32 Å². The van der Waals surface area contributed by atoms with E-state index >= 15 is 0 Å². The summed E-state index contributed by atoms with van der Waals surface area (Å²) in [5.41, 5.74) is 1.49. The number of hydrogen-bond acceptors (Lipinski definition) is 4. The lowest BCUT2D eigenvalue weighted by molar-refractivity contribution is 0.202. The summed E-state index contributed by atoms with van der Waals surface area (Å²) < 4.78 is 17.3. The van der Waals surface area contributed by atoms with Gasteiger partial charge < -0.3 is 18.8 Å². The molecule has 1 aliphatic heterocycles. The smallest absolute Gasteiger partial charge is 0.241 e. The Morgan fingerprint density at radius 1 is 1.12 bits per heavy atom. The van der Waals surface area contributed by atoms with Crippen LogP contribution >= 0.6 is 0 Å². The highest BCUT2D eigenvalue weighted by Gasteiger charge is 2.49. The Labute approximate surface area is 152 Å².